The summed E-state index contributed by atoms with van der Waals surface area (Å²) in [7, 11) is 1.54. The SMILES string of the molecule is COCCN1C(=O)C(=O)/C(=C(/O)c2ccncc2)C1c1c[nH]c2ccccc12. The Morgan fingerprint density at radius 2 is 1.96 bits per heavy atom. The van der Waals surface area contributed by atoms with Crippen molar-refractivity contribution in [2.45, 2.75) is 6.04 Å². The van der Waals surface area contributed by atoms with E-state index in [2.05, 4.69) is 9.97 Å². The van der Waals surface area contributed by atoms with Crippen molar-refractivity contribution in [3.8, 4) is 0 Å². The van der Waals surface area contributed by atoms with Crippen LogP contribution in [-0.2, 0) is 14.3 Å². The fraction of sp³-hybridized carbons (Fsp3) is 0.190. The zero-order valence-corrected chi connectivity index (χ0v) is 15.3. The van der Waals surface area contributed by atoms with Crippen molar-refractivity contribution in [2.24, 2.45) is 0 Å². The molecule has 1 atom stereocenters. The average Bonchev–Trinajstić information content (AvgIpc) is 3.26. The van der Waals surface area contributed by atoms with Crippen LogP contribution in [0.4, 0.5) is 0 Å². The van der Waals surface area contributed by atoms with Crippen LogP contribution in [0, 0.1) is 0 Å². The Hall–Kier alpha value is -3.45. The largest absolute Gasteiger partial charge is 0.507 e. The Labute approximate surface area is 161 Å². The summed E-state index contributed by atoms with van der Waals surface area (Å²) in [5.41, 5.74) is 2.14. The van der Waals surface area contributed by atoms with E-state index in [-0.39, 0.29) is 24.5 Å². The summed E-state index contributed by atoms with van der Waals surface area (Å²) in [5, 5.41) is 11.8. The van der Waals surface area contributed by atoms with E-state index >= 15 is 0 Å². The normalized spacial score (nSPS) is 18.9. The number of hydrogen-bond donors (Lipinski definition) is 2. The molecule has 4 rings (SSSR count). The Bertz CT molecular complexity index is 1070. The summed E-state index contributed by atoms with van der Waals surface area (Å²) in [4.78, 5) is 34.2. The third kappa shape index (κ3) is 2.86. The molecule has 1 amide bonds. The topological polar surface area (TPSA) is 95.5 Å². The van der Waals surface area contributed by atoms with Gasteiger partial charge >= 0.3 is 0 Å². The van der Waals surface area contributed by atoms with E-state index in [0.717, 1.165) is 16.5 Å². The van der Waals surface area contributed by atoms with E-state index in [4.69, 9.17) is 4.74 Å². The van der Waals surface area contributed by atoms with E-state index in [1.165, 1.54) is 24.4 Å². The van der Waals surface area contributed by atoms with Gasteiger partial charge in [0.05, 0.1) is 18.2 Å². The van der Waals surface area contributed by atoms with Gasteiger partial charge < -0.3 is 19.7 Å². The van der Waals surface area contributed by atoms with Crippen LogP contribution in [-0.4, -0.2) is 51.9 Å². The van der Waals surface area contributed by atoms with Crippen LogP contribution >= 0.6 is 0 Å². The number of aliphatic hydroxyl groups excluding tert-OH is 1. The fourth-order valence-corrected chi connectivity index (χ4v) is 3.61. The predicted octanol–water partition coefficient (Wildman–Crippen LogP) is 2.63. The van der Waals surface area contributed by atoms with Gasteiger partial charge in [0.25, 0.3) is 11.7 Å². The molecule has 7 nitrogen and oxygen atoms in total. The molecule has 2 aromatic heterocycles. The first-order valence-corrected chi connectivity index (χ1v) is 8.87. The molecule has 2 N–H and O–H groups in total. The number of carbonyl (C=O) groups excluding carboxylic acids is 2. The van der Waals surface area contributed by atoms with Gasteiger partial charge in [-0.2, -0.15) is 0 Å². The maximum absolute atomic E-state index is 12.9. The first-order valence-electron chi connectivity index (χ1n) is 8.87. The van der Waals surface area contributed by atoms with Gasteiger partial charge in [-0.25, -0.2) is 0 Å². The number of likely N-dealkylation sites (tertiary alicyclic amines) is 1. The van der Waals surface area contributed by atoms with Crippen LogP contribution in [0.2, 0.25) is 0 Å². The van der Waals surface area contributed by atoms with Crippen molar-refractivity contribution < 1.29 is 19.4 Å². The number of methoxy groups -OCH3 is 1. The molecule has 0 saturated carbocycles. The number of aromatic nitrogens is 2. The highest BCUT2D eigenvalue weighted by Gasteiger charge is 2.46. The van der Waals surface area contributed by atoms with Gasteiger partial charge in [0.15, 0.2) is 0 Å². The number of Topliss-reactive ketones (excluding diaryl/α,β-unsaturated/α-hetero) is 1. The monoisotopic (exact) mass is 377 g/mol. The van der Waals surface area contributed by atoms with Gasteiger partial charge in [0, 0.05) is 54.3 Å². The molecule has 1 aromatic carbocycles. The Kier molecular flexibility index (Phi) is 4.67. The smallest absolute Gasteiger partial charge is 0.295 e. The number of ether oxygens (including phenoxy) is 1. The number of aromatic amines is 1. The minimum atomic E-state index is -0.709. The summed E-state index contributed by atoms with van der Waals surface area (Å²) in [6, 6.07) is 10.1. The number of hydrogen-bond acceptors (Lipinski definition) is 5. The van der Waals surface area contributed by atoms with Crippen molar-refractivity contribution >= 4 is 28.4 Å². The van der Waals surface area contributed by atoms with Gasteiger partial charge in [0.2, 0.25) is 0 Å². The van der Waals surface area contributed by atoms with Crippen LogP contribution in [0.25, 0.3) is 16.7 Å². The molecule has 142 valence electrons. The highest BCUT2D eigenvalue weighted by Crippen LogP contribution is 2.41. The third-order valence-electron chi connectivity index (χ3n) is 4.95. The van der Waals surface area contributed by atoms with E-state index in [9.17, 15) is 14.7 Å². The van der Waals surface area contributed by atoms with Crippen LogP contribution < -0.4 is 0 Å². The third-order valence-corrected chi connectivity index (χ3v) is 4.95. The van der Waals surface area contributed by atoms with E-state index in [1.54, 1.807) is 18.3 Å². The molecule has 0 spiro atoms. The van der Waals surface area contributed by atoms with Crippen LogP contribution in [0.5, 0.6) is 0 Å². The molecule has 1 saturated heterocycles. The Morgan fingerprint density at radius 1 is 1.21 bits per heavy atom. The van der Waals surface area contributed by atoms with Crippen molar-refractivity contribution in [3.05, 3.63) is 71.7 Å². The number of carbonyl (C=O) groups is 2. The lowest BCUT2D eigenvalue weighted by atomic mass is 9.95. The first-order chi connectivity index (χ1) is 13.6. The molecule has 7 heteroatoms. The summed E-state index contributed by atoms with van der Waals surface area (Å²) in [6.45, 7) is 0.513. The molecule has 1 unspecified atom stereocenters. The predicted molar refractivity (Wildman–Crippen MR) is 103 cm³/mol. The minimum Gasteiger partial charge on any atom is -0.507 e. The van der Waals surface area contributed by atoms with E-state index < -0.39 is 17.7 Å². The van der Waals surface area contributed by atoms with Crippen LogP contribution in [0.3, 0.4) is 0 Å². The Balaban J connectivity index is 1.92. The van der Waals surface area contributed by atoms with Gasteiger partial charge in [-0.15, -0.1) is 0 Å². The molecule has 3 heterocycles. The molecular formula is C21H19N3O4. The highest BCUT2D eigenvalue weighted by atomic mass is 16.5. The number of pyridine rings is 1. The molecule has 28 heavy (non-hydrogen) atoms. The lowest BCUT2D eigenvalue weighted by molar-refractivity contribution is -0.140. The molecule has 0 radical (unpaired) electrons. The fourth-order valence-electron chi connectivity index (χ4n) is 3.61. The summed E-state index contributed by atoms with van der Waals surface area (Å²) >= 11 is 0. The number of benzene rings is 1. The molecule has 0 aliphatic carbocycles. The van der Waals surface area contributed by atoms with Gasteiger partial charge in [-0.05, 0) is 18.2 Å². The number of para-hydroxylation sites is 1. The second kappa shape index (κ2) is 7.28. The number of fused-ring (bicyclic) bond motifs is 1. The van der Waals surface area contributed by atoms with Gasteiger partial charge in [-0.1, -0.05) is 18.2 Å². The second-order valence-electron chi connectivity index (χ2n) is 6.51. The zero-order valence-electron chi connectivity index (χ0n) is 15.3. The maximum Gasteiger partial charge on any atom is 0.295 e. The summed E-state index contributed by atoms with van der Waals surface area (Å²) < 4.78 is 5.12. The van der Waals surface area contributed by atoms with E-state index in [1.807, 2.05) is 24.3 Å². The molecular weight excluding hydrogens is 358 g/mol. The standard InChI is InChI=1S/C21H19N3O4/c1-28-11-10-24-18(15-12-23-16-5-3-2-4-14(15)16)17(20(26)21(24)27)19(25)13-6-8-22-9-7-13/h2-9,12,18,23,25H,10-11H2,1H3/b19-17+. The van der Waals surface area contributed by atoms with Gasteiger partial charge in [0.1, 0.15) is 5.76 Å². The number of H-pyrrole nitrogens is 1. The molecule has 1 aliphatic rings. The summed E-state index contributed by atoms with van der Waals surface area (Å²) in [6.07, 6.45) is 4.83. The number of nitrogens with zero attached hydrogens (tertiary/aromatic N) is 2. The van der Waals surface area contributed by atoms with Crippen LogP contribution in [0.15, 0.2) is 60.6 Å². The second-order valence-corrected chi connectivity index (χ2v) is 6.51. The number of rotatable bonds is 5. The average molecular weight is 377 g/mol. The molecule has 3 aromatic rings. The van der Waals surface area contributed by atoms with Crippen LogP contribution in [0.1, 0.15) is 17.2 Å². The number of nitrogens with one attached hydrogen (secondary N) is 1. The van der Waals surface area contributed by atoms with Crippen molar-refractivity contribution in [1.82, 2.24) is 14.9 Å². The lowest BCUT2D eigenvalue weighted by Crippen LogP contribution is -2.32. The number of amides is 1. The first kappa shape index (κ1) is 17.9. The maximum atomic E-state index is 12.9. The minimum absolute atomic E-state index is 0.0667. The summed E-state index contributed by atoms with van der Waals surface area (Å²) in [5.74, 6) is -1.57. The van der Waals surface area contributed by atoms with Crippen molar-refractivity contribution in [1.29, 1.82) is 0 Å². The number of ketones is 1. The quantitative estimate of drug-likeness (QED) is 0.405. The highest BCUT2D eigenvalue weighted by molar-refractivity contribution is 6.46. The van der Waals surface area contributed by atoms with Crippen molar-refractivity contribution in [3.63, 3.8) is 0 Å². The lowest BCUT2D eigenvalue weighted by Gasteiger charge is -2.24. The Morgan fingerprint density at radius 3 is 2.71 bits per heavy atom. The molecule has 1 aliphatic heterocycles. The van der Waals surface area contributed by atoms with E-state index in [0.29, 0.717) is 5.56 Å². The molecule has 1 fully saturated rings. The number of aliphatic hydroxyl groups is 1. The molecule has 0 bridgehead atoms. The van der Waals surface area contributed by atoms with Gasteiger partial charge in [-0.3, -0.25) is 14.6 Å². The zero-order chi connectivity index (χ0) is 19.7. The van der Waals surface area contributed by atoms with Crippen molar-refractivity contribution in [2.75, 3.05) is 20.3 Å².